The maximum Gasteiger partial charge on any atom is 0.217 e. The molecule has 1 spiro atoms. The first-order valence-electron chi connectivity index (χ1n) is 13.1. The van der Waals surface area contributed by atoms with E-state index in [4.69, 9.17) is 9.47 Å². The van der Waals surface area contributed by atoms with Crippen LogP contribution in [-0.4, -0.2) is 55.4 Å². The molecule has 2 saturated heterocycles. The van der Waals surface area contributed by atoms with Crippen LogP contribution in [0.15, 0.2) is 65.4 Å². The van der Waals surface area contributed by atoms with E-state index in [2.05, 4.69) is 42.6 Å². The van der Waals surface area contributed by atoms with Crippen molar-refractivity contribution in [2.75, 3.05) is 38.2 Å². The summed E-state index contributed by atoms with van der Waals surface area (Å²) >= 11 is 0. The third-order valence-corrected chi connectivity index (χ3v) is 9.39. The Hall–Kier alpha value is -3.38. The second-order valence-corrected chi connectivity index (χ2v) is 10.9. The monoisotopic (exact) mass is 483 g/mol. The van der Waals surface area contributed by atoms with E-state index in [1.165, 1.54) is 11.1 Å². The lowest BCUT2D eigenvalue weighted by molar-refractivity contribution is -0.934. The molecule has 4 atom stereocenters. The first-order chi connectivity index (χ1) is 17.6. The van der Waals surface area contributed by atoms with Gasteiger partial charge in [0, 0.05) is 47.7 Å². The van der Waals surface area contributed by atoms with Crippen LogP contribution in [0.3, 0.4) is 0 Å². The van der Waals surface area contributed by atoms with Gasteiger partial charge in [0.15, 0.2) is 11.5 Å². The number of Topliss-reactive ketones (excluding diaryl/α,β-unsaturated/α-hetero) is 1. The van der Waals surface area contributed by atoms with Crippen molar-refractivity contribution in [3.8, 4) is 11.5 Å². The van der Waals surface area contributed by atoms with Crippen molar-refractivity contribution < 1.29 is 23.5 Å². The maximum absolute atomic E-state index is 13.9. The van der Waals surface area contributed by atoms with E-state index in [0.29, 0.717) is 36.8 Å². The summed E-state index contributed by atoms with van der Waals surface area (Å²) in [6, 6.07) is 14.4. The highest BCUT2D eigenvalue weighted by atomic mass is 16.5. The minimum absolute atomic E-state index is 0.125. The number of piperidine rings is 1. The van der Waals surface area contributed by atoms with E-state index in [-0.39, 0.29) is 23.2 Å². The van der Waals surface area contributed by atoms with Gasteiger partial charge in [-0.3, -0.25) is 9.59 Å². The topological polar surface area (TPSA) is 64.6 Å². The lowest BCUT2D eigenvalue weighted by Crippen LogP contribution is -2.64. The Balaban J connectivity index is 1.31. The average molecular weight is 484 g/mol. The Morgan fingerprint density at radius 1 is 1.17 bits per heavy atom. The summed E-state index contributed by atoms with van der Waals surface area (Å²) in [6.45, 7) is 5.47. The zero-order valence-corrected chi connectivity index (χ0v) is 20.6. The molecule has 0 saturated carbocycles. The summed E-state index contributed by atoms with van der Waals surface area (Å²) in [4.78, 5) is 26.3. The van der Waals surface area contributed by atoms with Gasteiger partial charge < -0.3 is 19.3 Å². The fourth-order valence-corrected chi connectivity index (χ4v) is 7.84. The molecule has 7 rings (SSSR count). The normalized spacial score (nSPS) is 32.4. The highest BCUT2D eigenvalue weighted by molar-refractivity contribution is 5.97. The molecule has 0 radical (unpaired) electrons. The smallest absolute Gasteiger partial charge is 0.217 e. The van der Waals surface area contributed by atoms with Crippen LogP contribution in [0.1, 0.15) is 42.1 Å². The molecular weight excluding hydrogens is 452 g/mol. The van der Waals surface area contributed by atoms with Crippen LogP contribution in [0.5, 0.6) is 11.5 Å². The lowest BCUT2D eigenvalue weighted by Gasteiger charge is -2.53. The number of benzene rings is 2. The minimum Gasteiger partial charge on any atom is -0.490 e. The number of anilines is 1. The summed E-state index contributed by atoms with van der Waals surface area (Å²) in [5.74, 6) is 1.64. The van der Waals surface area contributed by atoms with E-state index in [1.54, 1.807) is 0 Å². The molecule has 184 valence electrons. The number of carbonyl (C=O) groups is 2. The van der Waals surface area contributed by atoms with Crippen LogP contribution in [-0.2, 0) is 10.2 Å². The Morgan fingerprint density at radius 2 is 2.00 bits per heavy atom. The standard InChI is InChI=1S/C30H30N2O4/c1-2-19-16-32(17-25(34)20-8-9-26-27(14-20)36-13-5-12-35-26)11-10-30-23-6-3-4-7-24(23)31-29(30)22(18-33)21(19)15-28(30)32/h2-4,6-9,14,18,21,28H,5,10-13,15-17H2,1H3/p+1/b19-2-/t21-,28-,30+,32?/m0/s1. The van der Waals surface area contributed by atoms with Crippen molar-refractivity contribution in [1.82, 2.24) is 0 Å². The number of allylic oxidation sites excluding steroid dienone is 2. The quantitative estimate of drug-likeness (QED) is 0.302. The number of quaternary nitrogens is 1. The zero-order chi connectivity index (χ0) is 24.5. The number of ketones is 1. The number of rotatable bonds is 4. The molecular formula is C30H31N2O4+. The van der Waals surface area contributed by atoms with Gasteiger partial charge in [0.2, 0.25) is 5.78 Å². The molecule has 6 nitrogen and oxygen atoms in total. The fraction of sp³-hybridized carbons (Fsp3) is 0.400. The molecule has 2 fully saturated rings. The van der Waals surface area contributed by atoms with Crippen LogP contribution in [0.25, 0.3) is 0 Å². The van der Waals surface area contributed by atoms with E-state index < -0.39 is 0 Å². The Bertz CT molecular complexity index is 1360. The van der Waals surface area contributed by atoms with Crippen molar-refractivity contribution in [1.29, 1.82) is 0 Å². The van der Waals surface area contributed by atoms with Gasteiger partial charge in [-0.2, -0.15) is 0 Å². The average Bonchev–Trinajstić information content (AvgIpc) is 3.31. The van der Waals surface area contributed by atoms with Crippen LogP contribution < -0.4 is 14.8 Å². The largest absolute Gasteiger partial charge is 0.490 e. The first kappa shape index (κ1) is 21.9. The maximum atomic E-state index is 13.9. The molecule has 0 aromatic heterocycles. The van der Waals surface area contributed by atoms with Crippen LogP contribution in [0.4, 0.5) is 5.69 Å². The van der Waals surface area contributed by atoms with Crippen molar-refractivity contribution in [2.24, 2.45) is 5.92 Å². The number of hydrogen-bond donors (Lipinski definition) is 1. The summed E-state index contributed by atoms with van der Waals surface area (Å²) in [5.41, 5.74) is 6.12. The third-order valence-electron chi connectivity index (χ3n) is 9.39. The highest BCUT2D eigenvalue weighted by Crippen LogP contribution is 2.63. The number of carbonyl (C=O) groups excluding carboxylic acids is 2. The van der Waals surface area contributed by atoms with Gasteiger partial charge in [-0.1, -0.05) is 24.3 Å². The fourth-order valence-electron chi connectivity index (χ4n) is 7.84. The van der Waals surface area contributed by atoms with E-state index in [1.807, 2.05) is 18.2 Å². The number of nitrogens with one attached hydrogen (secondary N) is 1. The summed E-state index contributed by atoms with van der Waals surface area (Å²) < 4.78 is 12.4. The van der Waals surface area contributed by atoms with Crippen LogP contribution >= 0.6 is 0 Å². The lowest BCUT2D eigenvalue weighted by atomic mass is 9.61. The van der Waals surface area contributed by atoms with Gasteiger partial charge >= 0.3 is 0 Å². The van der Waals surface area contributed by atoms with Gasteiger partial charge in [0.25, 0.3) is 0 Å². The van der Waals surface area contributed by atoms with Crippen LogP contribution in [0.2, 0.25) is 0 Å². The second kappa shape index (κ2) is 7.81. The molecule has 36 heavy (non-hydrogen) atoms. The van der Waals surface area contributed by atoms with E-state index >= 15 is 0 Å². The van der Waals surface area contributed by atoms with Crippen molar-refractivity contribution in [3.63, 3.8) is 0 Å². The number of para-hydroxylation sites is 1. The molecule has 2 aromatic rings. The Morgan fingerprint density at radius 3 is 2.83 bits per heavy atom. The molecule has 6 heteroatoms. The van der Waals surface area contributed by atoms with Crippen LogP contribution in [0, 0.1) is 5.92 Å². The van der Waals surface area contributed by atoms with Crippen molar-refractivity contribution in [3.05, 3.63) is 76.5 Å². The molecule has 0 amide bonds. The van der Waals surface area contributed by atoms with Gasteiger partial charge in [-0.05, 0) is 42.3 Å². The number of hydrogen-bond acceptors (Lipinski definition) is 5. The first-order valence-corrected chi connectivity index (χ1v) is 13.1. The molecule has 2 aromatic carbocycles. The Labute approximate surface area is 211 Å². The second-order valence-electron chi connectivity index (χ2n) is 10.9. The molecule has 2 bridgehead atoms. The number of nitrogens with zero attached hydrogens (tertiary/aromatic N) is 1. The summed E-state index contributed by atoms with van der Waals surface area (Å²) in [6.07, 6.45) is 5.94. The summed E-state index contributed by atoms with van der Waals surface area (Å²) in [5, 5.41) is 3.67. The number of ether oxygens (including phenoxy) is 2. The number of fused-ring (bicyclic) bond motifs is 3. The predicted octanol–water partition coefficient (Wildman–Crippen LogP) is 4.42. The van der Waals surface area contributed by atoms with Crippen molar-refractivity contribution in [2.45, 2.75) is 37.6 Å². The molecule has 1 aliphatic carbocycles. The SMILES string of the molecule is C/C=C1/C[N+]2(CC(=O)c3ccc4c(c3)OCCCO4)CC[C@]34C(=C(C=O)[C@H]1C[C@@H]32)Nc1ccccc14. The van der Waals surface area contributed by atoms with E-state index in [9.17, 15) is 9.59 Å². The van der Waals surface area contributed by atoms with Gasteiger partial charge in [0.1, 0.15) is 25.4 Å². The highest BCUT2D eigenvalue weighted by Gasteiger charge is 2.68. The van der Waals surface area contributed by atoms with E-state index in [0.717, 1.165) is 60.1 Å². The molecule has 1 unspecified atom stereocenters. The predicted molar refractivity (Wildman–Crippen MR) is 136 cm³/mol. The van der Waals surface area contributed by atoms with Gasteiger partial charge in [-0.15, -0.1) is 0 Å². The summed E-state index contributed by atoms with van der Waals surface area (Å²) in [7, 11) is 0. The zero-order valence-electron chi connectivity index (χ0n) is 20.6. The minimum atomic E-state index is -0.229. The van der Waals surface area contributed by atoms with Gasteiger partial charge in [-0.25, -0.2) is 0 Å². The van der Waals surface area contributed by atoms with Gasteiger partial charge in [0.05, 0.1) is 25.2 Å². The van der Waals surface area contributed by atoms with Crippen molar-refractivity contribution >= 4 is 17.8 Å². The third kappa shape index (κ3) is 2.82. The molecule has 4 heterocycles. The Kier molecular flexibility index (Phi) is 4.74. The molecule has 1 N–H and O–H groups in total. The molecule has 4 aliphatic heterocycles. The number of aldehydes is 1. The molecule has 5 aliphatic rings.